The van der Waals surface area contributed by atoms with Crippen LogP contribution in [0.5, 0.6) is 5.75 Å². The van der Waals surface area contributed by atoms with Crippen LogP contribution in [0.1, 0.15) is 21.9 Å². The van der Waals surface area contributed by atoms with Gasteiger partial charge in [0, 0.05) is 22.9 Å². The number of non-ortho nitro benzene ring substituents is 1. The van der Waals surface area contributed by atoms with Gasteiger partial charge in [0.1, 0.15) is 11.0 Å². The first kappa shape index (κ1) is 30.1. The van der Waals surface area contributed by atoms with E-state index in [1.807, 2.05) is 0 Å². The summed E-state index contributed by atoms with van der Waals surface area (Å²) in [6, 6.07) is 15.8. The number of nitrogens with zero attached hydrogens (tertiary/aromatic N) is 2. The Morgan fingerprint density at radius 1 is 1.00 bits per heavy atom. The van der Waals surface area contributed by atoms with E-state index in [4.69, 9.17) is 4.74 Å². The molecule has 0 aliphatic carbocycles. The SMILES string of the molecule is O=C(COc1ccc(C2c3sc(=O)[nH]c3SC3C(=O)N(c4ccc([N+](=O)[O-])cc4)C(=O)C32)cc1)Nc1ccccc1C(F)(F)F. The number of benzene rings is 3. The van der Waals surface area contributed by atoms with Crippen molar-refractivity contribution in [2.75, 3.05) is 16.8 Å². The predicted octanol–water partition coefficient (Wildman–Crippen LogP) is 5.18. The van der Waals surface area contributed by atoms with Crippen LogP contribution in [0.25, 0.3) is 0 Å². The van der Waals surface area contributed by atoms with Crippen molar-refractivity contribution in [1.82, 2.24) is 4.98 Å². The molecule has 3 unspecified atom stereocenters. The number of carbonyl (C=O) groups excluding carboxylic acids is 3. The Hall–Kier alpha value is -4.96. The molecule has 16 heteroatoms. The number of ether oxygens (including phenoxy) is 1. The van der Waals surface area contributed by atoms with E-state index < -0.39 is 63.8 Å². The minimum atomic E-state index is -4.66. The summed E-state index contributed by atoms with van der Waals surface area (Å²) in [5.74, 6) is -3.26. The molecular formula is C29H19F3N4O7S2. The highest BCUT2D eigenvalue weighted by Crippen LogP contribution is 2.53. The van der Waals surface area contributed by atoms with E-state index in [1.54, 1.807) is 12.1 Å². The number of hydrogen-bond donors (Lipinski definition) is 2. The van der Waals surface area contributed by atoms with Crippen LogP contribution >= 0.6 is 23.1 Å². The van der Waals surface area contributed by atoms with Gasteiger partial charge in [-0.15, -0.1) is 0 Å². The summed E-state index contributed by atoms with van der Waals surface area (Å²) in [6.07, 6.45) is -4.66. The van der Waals surface area contributed by atoms with Crippen molar-refractivity contribution in [2.45, 2.75) is 22.4 Å². The third kappa shape index (κ3) is 5.69. The molecule has 2 N–H and O–H groups in total. The Balaban J connectivity index is 1.22. The Kier molecular flexibility index (Phi) is 7.70. The van der Waals surface area contributed by atoms with Gasteiger partial charge >= 0.3 is 11.0 Å². The summed E-state index contributed by atoms with van der Waals surface area (Å²) in [5.41, 5.74) is -0.845. The Labute approximate surface area is 259 Å². The van der Waals surface area contributed by atoms with Gasteiger partial charge in [-0.25, -0.2) is 4.90 Å². The number of nitro groups is 1. The lowest BCUT2D eigenvalue weighted by Gasteiger charge is -2.29. The molecule has 6 rings (SSSR count). The van der Waals surface area contributed by atoms with Gasteiger partial charge in [-0.2, -0.15) is 13.2 Å². The molecule has 0 radical (unpaired) electrons. The predicted molar refractivity (Wildman–Crippen MR) is 158 cm³/mol. The van der Waals surface area contributed by atoms with E-state index in [0.717, 1.165) is 40.1 Å². The number of nitro benzene ring substituents is 1. The lowest BCUT2D eigenvalue weighted by Crippen LogP contribution is -2.32. The molecule has 0 bridgehead atoms. The number of hydrogen-bond acceptors (Lipinski definition) is 9. The van der Waals surface area contributed by atoms with Gasteiger partial charge in [0.2, 0.25) is 11.8 Å². The second-order valence-corrected chi connectivity index (χ2v) is 12.2. The maximum Gasteiger partial charge on any atom is 0.418 e. The Morgan fingerprint density at radius 3 is 2.36 bits per heavy atom. The van der Waals surface area contributed by atoms with E-state index >= 15 is 0 Å². The molecule has 1 fully saturated rings. The normalized spacial score (nSPS) is 19.2. The summed E-state index contributed by atoms with van der Waals surface area (Å²) in [5, 5.41) is 12.8. The minimum Gasteiger partial charge on any atom is -0.484 e. The molecule has 4 aromatic rings. The maximum atomic E-state index is 13.8. The number of aromatic nitrogens is 1. The molecular weight excluding hydrogens is 637 g/mol. The van der Waals surface area contributed by atoms with E-state index in [1.165, 1.54) is 48.5 Å². The highest BCUT2D eigenvalue weighted by molar-refractivity contribution is 8.00. The molecule has 1 saturated heterocycles. The van der Waals surface area contributed by atoms with Crippen molar-refractivity contribution in [2.24, 2.45) is 5.92 Å². The van der Waals surface area contributed by atoms with Gasteiger partial charge < -0.3 is 15.0 Å². The van der Waals surface area contributed by atoms with Crippen LogP contribution in [0.4, 0.5) is 30.2 Å². The second-order valence-electron chi connectivity index (χ2n) is 9.98. The van der Waals surface area contributed by atoms with Gasteiger partial charge in [-0.1, -0.05) is 47.4 Å². The van der Waals surface area contributed by atoms with Gasteiger partial charge in [-0.05, 0) is 42.0 Å². The molecule has 3 heterocycles. The molecule has 45 heavy (non-hydrogen) atoms. The van der Waals surface area contributed by atoms with Gasteiger partial charge in [0.25, 0.3) is 11.6 Å². The van der Waals surface area contributed by atoms with E-state index in [2.05, 4.69) is 10.3 Å². The topological polar surface area (TPSA) is 152 Å². The minimum absolute atomic E-state index is 0.182. The molecule has 3 aromatic carbocycles. The standard InChI is InChI=1S/C29H19F3N4O7S2/c30-29(31,32)18-3-1-2-4-19(18)33-20(37)13-43-17-11-5-14(6-12-17)21-22-24(44-25-23(21)45-28(40)34-25)27(39)35(26(22)38)15-7-9-16(10-8-15)36(41)42/h1-12,21-22,24H,13H2,(H,33,37)(H,34,40). The van der Waals surface area contributed by atoms with Crippen molar-refractivity contribution in [3.63, 3.8) is 0 Å². The summed E-state index contributed by atoms with van der Waals surface area (Å²) in [6.45, 7) is -0.586. The Bertz CT molecular complexity index is 1890. The number of fused-ring (bicyclic) bond motifs is 2. The number of imide groups is 1. The first-order valence-corrected chi connectivity index (χ1v) is 14.8. The quantitative estimate of drug-likeness (QED) is 0.157. The average molecular weight is 657 g/mol. The first-order valence-electron chi connectivity index (χ1n) is 13.1. The fraction of sp³-hybridized carbons (Fsp3) is 0.172. The summed E-state index contributed by atoms with van der Waals surface area (Å²) in [4.78, 5) is 66.4. The summed E-state index contributed by atoms with van der Waals surface area (Å²) < 4.78 is 45.2. The maximum absolute atomic E-state index is 13.8. The van der Waals surface area contributed by atoms with Crippen LogP contribution in [-0.4, -0.2) is 39.5 Å². The van der Waals surface area contributed by atoms with Crippen molar-refractivity contribution < 1.29 is 37.2 Å². The number of H-pyrrole nitrogens is 1. The van der Waals surface area contributed by atoms with E-state index in [-0.39, 0.29) is 22.0 Å². The van der Waals surface area contributed by atoms with Crippen molar-refractivity contribution in [3.05, 3.63) is 109 Å². The number of alkyl halides is 3. The number of rotatable bonds is 7. The van der Waals surface area contributed by atoms with Crippen molar-refractivity contribution in [3.8, 4) is 5.75 Å². The molecule has 1 aromatic heterocycles. The zero-order valence-electron chi connectivity index (χ0n) is 22.6. The highest BCUT2D eigenvalue weighted by atomic mass is 32.2. The number of thioether (sulfide) groups is 1. The lowest BCUT2D eigenvalue weighted by molar-refractivity contribution is -0.384. The number of carbonyl (C=O) groups is 3. The third-order valence-corrected chi connectivity index (χ3v) is 9.66. The number of halogens is 3. The molecule has 0 spiro atoms. The number of nitrogens with one attached hydrogen (secondary N) is 2. The smallest absolute Gasteiger partial charge is 0.418 e. The fourth-order valence-corrected chi connectivity index (χ4v) is 7.82. The van der Waals surface area contributed by atoms with Gasteiger partial charge in [0.15, 0.2) is 6.61 Å². The van der Waals surface area contributed by atoms with Crippen LogP contribution < -0.4 is 19.8 Å². The summed E-state index contributed by atoms with van der Waals surface area (Å²) in [7, 11) is 0. The number of para-hydroxylation sites is 1. The average Bonchev–Trinajstić information content (AvgIpc) is 3.50. The second kappa shape index (κ2) is 11.5. The lowest BCUT2D eigenvalue weighted by atomic mass is 9.83. The molecule has 3 amide bonds. The Morgan fingerprint density at radius 2 is 1.69 bits per heavy atom. The number of aromatic amines is 1. The molecule has 2 aliphatic rings. The van der Waals surface area contributed by atoms with Gasteiger partial charge in [-0.3, -0.25) is 29.3 Å². The van der Waals surface area contributed by atoms with Crippen molar-refractivity contribution >= 4 is 57.9 Å². The zero-order chi connectivity index (χ0) is 32.0. The van der Waals surface area contributed by atoms with Gasteiger partial charge in [0.05, 0.1) is 32.8 Å². The number of thiazole rings is 1. The number of anilines is 2. The van der Waals surface area contributed by atoms with Crippen LogP contribution in [0, 0.1) is 16.0 Å². The third-order valence-electron chi connectivity index (χ3n) is 7.26. The van der Waals surface area contributed by atoms with Crippen LogP contribution in [0.15, 0.2) is 82.6 Å². The number of amides is 3. The molecule has 11 nitrogen and oxygen atoms in total. The largest absolute Gasteiger partial charge is 0.484 e. The molecule has 230 valence electrons. The van der Waals surface area contributed by atoms with Crippen LogP contribution in [0.3, 0.4) is 0 Å². The van der Waals surface area contributed by atoms with Crippen LogP contribution in [-0.2, 0) is 20.6 Å². The highest BCUT2D eigenvalue weighted by Gasteiger charge is 2.56. The molecule has 0 saturated carbocycles. The zero-order valence-corrected chi connectivity index (χ0v) is 24.2. The van der Waals surface area contributed by atoms with E-state index in [0.29, 0.717) is 15.5 Å². The van der Waals surface area contributed by atoms with Crippen LogP contribution in [0.2, 0.25) is 0 Å². The molecule has 3 atom stereocenters. The van der Waals surface area contributed by atoms with E-state index in [9.17, 15) is 42.5 Å². The monoisotopic (exact) mass is 656 g/mol. The fourth-order valence-electron chi connectivity index (χ4n) is 5.30. The molecule has 2 aliphatic heterocycles. The van der Waals surface area contributed by atoms with Crippen molar-refractivity contribution in [1.29, 1.82) is 0 Å². The summed E-state index contributed by atoms with van der Waals surface area (Å²) >= 11 is 1.99. The first-order chi connectivity index (χ1) is 21.4.